The molecule has 0 rings (SSSR count). The quantitative estimate of drug-likeness (QED) is 0.590. The van der Waals surface area contributed by atoms with Crippen molar-refractivity contribution in [3.63, 3.8) is 0 Å². The van der Waals surface area contributed by atoms with E-state index in [0.29, 0.717) is 0 Å². The van der Waals surface area contributed by atoms with Gasteiger partial charge in [-0.25, -0.2) is 4.79 Å². The van der Waals surface area contributed by atoms with E-state index in [9.17, 15) is 14.4 Å². The first kappa shape index (κ1) is 14.4. The highest BCUT2D eigenvalue weighted by Gasteiger charge is 2.23. The first-order chi connectivity index (χ1) is 7.36. The number of carboxylic acid groups (broad SMARTS) is 2. The van der Waals surface area contributed by atoms with E-state index in [1.54, 1.807) is 0 Å². The molecule has 0 aliphatic rings. The summed E-state index contributed by atoms with van der Waals surface area (Å²) in [6.45, 7) is 3.79. The number of amides is 1. The molecule has 6 heteroatoms. The van der Waals surface area contributed by atoms with Gasteiger partial charge in [0.15, 0.2) is 0 Å². The molecule has 0 radical (unpaired) electrons. The van der Waals surface area contributed by atoms with Gasteiger partial charge in [0.2, 0.25) is 5.91 Å². The van der Waals surface area contributed by atoms with E-state index in [2.05, 4.69) is 5.32 Å². The van der Waals surface area contributed by atoms with Gasteiger partial charge in [0, 0.05) is 6.42 Å². The van der Waals surface area contributed by atoms with E-state index in [0.717, 1.165) is 6.42 Å². The van der Waals surface area contributed by atoms with Crippen LogP contribution in [0.1, 0.15) is 33.1 Å². The van der Waals surface area contributed by atoms with Crippen LogP contribution in [0.4, 0.5) is 0 Å². The number of hydrogen-bond acceptors (Lipinski definition) is 3. The Bertz CT molecular complexity index is 276. The number of carbonyl (C=O) groups excluding carboxylic acids is 1. The van der Waals surface area contributed by atoms with Gasteiger partial charge >= 0.3 is 11.9 Å². The third-order valence-electron chi connectivity index (χ3n) is 2.24. The van der Waals surface area contributed by atoms with Crippen molar-refractivity contribution >= 4 is 17.8 Å². The van der Waals surface area contributed by atoms with Gasteiger partial charge in [-0.3, -0.25) is 9.59 Å². The summed E-state index contributed by atoms with van der Waals surface area (Å²) in [4.78, 5) is 32.3. The molecule has 0 aliphatic carbocycles. The third-order valence-corrected chi connectivity index (χ3v) is 2.24. The molecular formula is C10H17NO5. The van der Waals surface area contributed by atoms with Crippen molar-refractivity contribution in [3.05, 3.63) is 0 Å². The van der Waals surface area contributed by atoms with Crippen molar-refractivity contribution in [2.75, 3.05) is 0 Å². The average Bonchev–Trinajstić information content (AvgIpc) is 2.15. The molecule has 0 bridgehead atoms. The Balaban J connectivity index is 4.24. The Morgan fingerprint density at radius 1 is 1.19 bits per heavy atom. The van der Waals surface area contributed by atoms with Crippen LogP contribution in [0.5, 0.6) is 0 Å². The van der Waals surface area contributed by atoms with Crippen molar-refractivity contribution in [3.8, 4) is 0 Å². The standard InChI is InChI=1S/C10H17NO5/c1-3-6(2)4-8(12)11-7(10(15)16)5-9(13)14/h6-7H,3-5H2,1-2H3,(H,11,12)(H,13,14)(H,15,16)/t6?,7-/m0/s1. The van der Waals surface area contributed by atoms with Crippen LogP contribution < -0.4 is 5.32 Å². The number of hydrogen-bond donors (Lipinski definition) is 3. The fraction of sp³-hybridized carbons (Fsp3) is 0.700. The number of carboxylic acids is 2. The predicted octanol–water partition coefficient (Wildman–Crippen LogP) is 0.467. The molecule has 1 amide bonds. The molecule has 3 N–H and O–H groups in total. The summed E-state index contributed by atoms with van der Waals surface area (Å²) in [6, 6.07) is -1.35. The predicted molar refractivity (Wildman–Crippen MR) is 55.9 cm³/mol. The Morgan fingerprint density at radius 3 is 2.12 bits per heavy atom. The minimum Gasteiger partial charge on any atom is -0.481 e. The van der Waals surface area contributed by atoms with E-state index < -0.39 is 30.3 Å². The fourth-order valence-electron chi connectivity index (χ4n) is 1.09. The van der Waals surface area contributed by atoms with Crippen LogP contribution in [-0.2, 0) is 14.4 Å². The van der Waals surface area contributed by atoms with Gasteiger partial charge in [-0.05, 0) is 5.92 Å². The normalized spacial score (nSPS) is 13.9. The second-order valence-electron chi connectivity index (χ2n) is 3.77. The highest BCUT2D eigenvalue weighted by Crippen LogP contribution is 2.06. The Morgan fingerprint density at radius 2 is 1.75 bits per heavy atom. The zero-order valence-corrected chi connectivity index (χ0v) is 9.40. The second-order valence-corrected chi connectivity index (χ2v) is 3.77. The first-order valence-electron chi connectivity index (χ1n) is 5.10. The topological polar surface area (TPSA) is 104 Å². The minimum absolute atomic E-state index is 0.152. The number of rotatable bonds is 7. The highest BCUT2D eigenvalue weighted by atomic mass is 16.4. The summed E-state index contributed by atoms with van der Waals surface area (Å²) in [6.07, 6.45) is 0.408. The van der Waals surface area contributed by atoms with Crippen molar-refractivity contribution in [1.82, 2.24) is 5.32 Å². The molecular weight excluding hydrogens is 214 g/mol. The molecule has 0 spiro atoms. The summed E-state index contributed by atoms with van der Waals surface area (Å²) in [5.41, 5.74) is 0. The van der Waals surface area contributed by atoms with Crippen molar-refractivity contribution < 1.29 is 24.6 Å². The van der Waals surface area contributed by atoms with Crippen molar-refractivity contribution in [1.29, 1.82) is 0 Å². The Labute approximate surface area is 93.6 Å². The van der Waals surface area contributed by atoms with Crippen molar-refractivity contribution in [2.24, 2.45) is 5.92 Å². The number of aliphatic carboxylic acids is 2. The van der Waals surface area contributed by atoms with Crippen molar-refractivity contribution in [2.45, 2.75) is 39.2 Å². The zero-order valence-electron chi connectivity index (χ0n) is 9.40. The lowest BCUT2D eigenvalue weighted by Gasteiger charge is -2.14. The third kappa shape index (κ3) is 6.00. The van der Waals surface area contributed by atoms with Gasteiger partial charge in [-0.15, -0.1) is 0 Å². The maximum absolute atomic E-state index is 11.3. The fourth-order valence-corrected chi connectivity index (χ4v) is 1.09. The molecule has 2 atom stereocenters. The molecule has 1 unspecified atom stereocenters. The molecule has 6 nitrogen and oxygen atoms in total. The molecule has 0 aromatic heterocycles. The summed E-state index contributed by atoms with van der Waals surface area (Å²) in [5, 5.41) is 19.3. The monoisotopic (exact) mass is 231 g/mol. The van der Waals surface area contributed by atoms with Gasteiger partial charge in [0.05, 0.1) is 6.42 Å². The summed E-state index contributed by atoms with van der Waals surface area (Å²) >= 11 is 0. The van der Waals surface area contributed by atoms with Crippen LogP contribution in [0, 0.1) is 5.92 Å². The molecule has 0 saturated heterocycles. The van der Waals surface area contributed by atoms with E-state index in [1.165, 1.54) is 0 Å². The van der Waals surface area contributed by atoms with Crippen LogP contribution in [0.15, 0.2) is 0 Å². The van der Waals surface area contributed by atoms with Crippen LogP contribution in [0.2, 0.25) is 0 Å². The first-order valence-corrected chi connectivity index (χ1v) is 5.10. The summed E-state index contributed by atoms with van der Waals surface area (Å²) in [7, 11) is 0. The maximum Gasteiger partial charge on any atom is 0.326 e. The smallest absolute Gasteiger partial charge is 0.326 e. The minimum atomic E-state index is -1.35. The molecule has 0 aromatic rings. The van der Waals surface area contributed by atoms with E-state index in [4.69, 9.17) is 10.2 Å². The molecule has 0 heterocycles. The van der Waals surface area contributed by atoms with Gasteiger partial charge in [-0.2, -0.15) is 0 Å². The Kier molecular flexibility index (Phi) is 6.14. The van der Waals surface area contributed by atoms with Crippen LogP contribution in [0.25, 0.3) is 0 Å². The molecule has 0 aliphatic heterocycles. The van der Waals surface area contributed by atoms with Crippen LogP contribution in [-0.4, -0.2) is 34.1 Å². The lowest BCUT2D eigenvalue weighted by Crippen LogP contribution is -2.42. The SMILES string of the molecule is CCC(C)CC(=O)N[C@@H](CC(=O)O)C(=O)O. The molecule has 16 heavy (non-hydrogen) atoms. The van der Waals surface area contributed by atoms with Gasteiger partial charge in [-0.1, -0.05) is 20.3 Å². The van der Waals surface area contributed by atoms with E-state index in [-0.39, 0.29) is 12.3 Å². The Hall–Kier alpha value is -1.59. The van der Waals surface area contributed by atoms with Gasteiger partial charge in [0.25, 0.3) is 0 Å². The van der Waals surface area contributed by atoms with E-state index in [1.807, 2.05) is 13.8 Å². The molecule has 0 saturated carbocycles. The molecule has 92 valence electrons. The lowest BCUT2D eigenvalue weighted by molar-refractivity contribution is -0.147. The zero-order chi connectivity index (χ0) is 12.7. The molecule has 0 aromatic carbocycles. The van der Waals surface area contributed by atoms with Crippen LogP contribution >= 0.6 is 0 Å². The highest BCUT2D eigenvalue weighted by molar-refractivity contribution is 5.86. The number of carbonyl (C=O) groups is 3. The van der Waals surface area contributed by atoms with Crippen LogP contribution in [0.3, 0.4) is 0 Å². The van der Waals surface area contributed by atoms with Gasteiger partial charge < -0.3 is 15.5 Å². The average molecular weight is 231 g/mol. The molecule has 0 fully saturated rings. The summed E-state index contributed by atoms with van der Waals surface area (Å²) < 4.78 is 0. The van der Waals surface area contributed by atoms with Gasteiger partial charge in [0.1, 0.15) is 6.04 Å². The number of nitrogens with one attached hydrogen (secondary N) is 1. The van der Waals surface area contributed by atoms with E-state index >= 15 is 0 Å². The summed E-state index contributed by atoms with van der Waals surface area (Å²) in [5.74, 6) is -2.86. The second kappa shape index (κ2) is 6.81. The lowest BCUT2D eigenvalue weighted by atomic mass is 10.0. The maximum atomic E-state index is 11.3. The largest absolute Gasteiger partial charge is 0.481 e.